The summed E-state index contributed by atoms with van der Waals surface area (Å²) in [5, 5.41) is 10.8. The lowest BCUT2D eigenvalue weighted by Crippen LogP contribution is -2.59. The Labute approximate surface area is 175 Å². The van der Waals surface area contributed by atoms with Crippen LogP contribution in [-0.2, 0) is 37.0 Å². The minimum atomic E-state index is -1.08. The fourth-order valence-corrected chi connectivity index (χ4v) is 3.46. The molecule has 156 valence electrons. The van der Waals surface area contributed by atoms with Crippen molar-refractivity contribution in [3.63, 3.8) is 0 Å². The predicted molar refractivity (Wildman–Crippen MR) is 107 cm³/mol. The molecule has 0 bridgehead atoms. The van der Waals surface area contributed by atoms with Gasteiger partial charge in [0.25, 0.3) is 0 Å². The van der Waals surface area contributed by atoms with Crippen LogP contribution in [0.3, 0.4) is 0 Å². The first-order chi connectivity index (χ1) is 14.0. The van der Waals surface area contributed by atoms with Crippen molar-refractivity contribution in [1.82, 2.24) is 0 Å². The number of halogens is 1. The molecule has 0 amide bonds. The van der Waals surface area contributed by atoms with Gasteiger partial charge in [0.2, 0.25) is 0 Å². The summed E-state index contributed by atoms with van der Waals surface area (Å²) in [5.74, 6) is -0.462. The van der Waals surface area contributed by atoms with Gasteiger partial charge in [-0.05, 0) is 11.1 Å². The van der Waals surface area contributed by atoms with Gasteiger partial charge in [-0.15, -0.1) is 0 Å². The smallest absolute Gasteiger partial charge is 0.302 e. The van der Waals surface area contributed by atoms with Gasteiger partial charge in [-0.25, -0.2) is 0 Å². The normalized spacial score (nSPS) is 26.8. The van der Waals surface area contributed by atoms with E-state index in [0.717, 1.165) is 11.1 Å². The highest BCUT2D eigenvalue weighted by Gasteiger charge is 2.46. The number of rotatable bonds is 8. The quantitative estimate of drug-likeness (QED) is 0.522. The second-order valence-electron chi connectivity index (χ2n) is 6.84. The van der Waals surface area contributed by atoms with E-state index in [9.17, 15) is 9.90 Å². The molecule has 7 heteroatoms. The van der Waals surface area contributed by atoms with Gasteiger partial charge in [0.1, 0.15) is 31.0 Å². The standard InChI is InChI=1S/C22H25ClO6/c1-15(24)26-14-18-19(25)20(27-12-16-8-4-2-5-9-16)21(22(23)29-18)28-13-17-10-6-3-7-11-17/h2-11,18-22,25H,12-14H2,1H3/t18?,19-,20?,21?,22+/m1/s1. The molecule has 2 aromatic carbocycles. The molecule has 3 unspecified atom stereocenters. The summed E-state index contributed by atoms with van der Waals surface area (Å²) in [6.45, 7) is 1.75. The summed E-state index contributed by atoms with van der Waals surface area (Å²) in [6.07, 6.45) is -3.34. The van der Waals surface area contributed by atoms with Gasteiger partial charge in [0.15, 0.2) is 5.56 Å². The number of alkyl halides is 1. The number of benzene rings is 2. The molecule has 29 heavy (non-hydrogen) atoms. The highest BCUT2D eigenvalue weighted by Crippen LogP contribution is 2.29. The molecule has 1 aliphatic rings. The molecule has 1 saturated heterocycles. The van der Waals surface area contributed by atoms with Crippen LogP contribution in [0.1, 0.15) is 18.1 Å². The Morgan fingerprint density at radius 2 is 1.48 bits per heavy atom. The number of carbonyl (C=O) groups is 1. The Morgan fingerprint density at radius 1 is 0.966 bits per heavy atom. The SMILES string of the molecule is CC(=O)OCC1O[C@H](Cl)C(OCc2ccccc2)C(OCc2ccccc2)[C@@H]1O. The van der Waals surface area contributed by atoms with Gasteiger partial charge in [-0.2, -0.15) is 0 Å². The largest absolute Gasteiger partial charge is 0.463 e. The van der Waals surface area contributed by atoms with Crippen LogP contribution in [0.2, 0.25) is 0 Å². The second-order valence-corrected chi connectivity index (χ2v) is 7.27. The van der Waals surface area contributed by atoms with Gasteiger partial charge in [0.05, 0.1) is 13.2 Å². The van der Waals surface area contributed by atoms with Crippen molar-refractivity contribution >= 4 is 17.6 Å². The van der Waals surface area contributed by atoms with Crippen LogP contribution in [0.15, 0.2) is 60.7 Å². The summed E-state index contributed by atoms with van der Waals surface area (Å²) in [6, 6.07) is 19.2. The minimum absolute atomic E-state index is 0.115. The van der Waals surface area contributed by atoms with Gasteiger partial charge in [-0.1, -0.05) is 72.3 Å². The molecule has 0 saturated carbocycles. The van der Waals surface area contributed by atoms with Crippen molar-refractivity contribution in [3.05, 3.63) is 71.8 Å². The topological polar surface area (TPSA) is 74.2 Å². The number of hydrogen-bond donors (Lipinski definition) is 1. The van der Waals surface area contributed by atoms with E-state index in [1.165, 1.54) is 6.92 Å². The summed E-state index contributed by atoms with van der Waals surface area (Å²) in [7, 11) is 0. The number of esters is 1. The lowest BCUT2D eigenvalue weighted by molar-refractivity contribution is -0.241. The van der Waals surface area contributed by atoms with E-state index in [1.807, 2.05) is 60.7 Å². The number of aliphatic hydroxyl groups is 1. The first kappa shape index (κ1) is 21.7. The van der Waals surface area contributed by atoms with E-state index in [1.54, 1.807) is 0 Å². The zero-order chi connectivity index (χ0) is 20.6. The Balaban J connectivity index is 1.71. The third kappa shape index (κ3) is 6.26. The van der Waals surface area contributed by atoms with Gasteiger partial charge in [0, 0.05) is 6.92 Å². The van der Waals surface area contributed by atoms with E-state index in [0.29, 0.717) is 6.61 Å². The minimum Gasteiger partial charge on any atom is -0.463 e. The summed E-state index contributed by atoms with van der Waals surface area (Å²) < 4.78 is 22.6. The molecule has 0 aromatic heterocycles. The van der Waals surface area contributed by atoms with E-state index < -0.39 is 35.9 Å². The summed E-state index contributed by atoms with van der Waals surface area (Å²) in [5.41, 5.74) is 1.05. The van der Waals surface area contributed by atoms with E-state index >= 15 is 0 Å². The number of carbonyl (C=O) groups excluding carboxylic acids is 1. The third-order valence-corrected chi connectivity index (χ3v) is 4.98. The van der Waals surface area contributed by atoms with Gasteiger partial charge in [-0.3, -0.25) is 4.79 Å². The van der Waals surface area contributed by atoms with E-state index in [2.05, 4.69) is 0 Å². The zero-order valence-corrected chi connectivity index (χ0v) is 16.9. The number of ether oxygens (including phenoxy) is 4. The first-order valence-electron chi connectivity index (χ1n) is 9.46. The first-order valence-corrected chi connectivity index (χ1v) is 9.90. The molecule has 3 rings (SSSR count). The highest BCUT2D eigenvalue weighted by atomic mass is 35.5. The van der Waals surface area contributed by atoms with Crippen molar-refractivity contribution in [2.75, 3.05) is 6.61 Å². The maximum Gasteiger partial charge on any atom is 0.302 e. The molecule has 0 radical (unpaired) electrons. The summed E-state index contributed by atoms with van der Waals surface area (Å²) >= 11 is 6.42. The molecule has 1 N–H and O–H groups in total. The van der Waals surface area contributed by atoms with Crippen LogP contribution in [0.25, 0.3) is 0 Å². The maximum absolute atomic E-state index is 11.1. The lowest BCUT2D eigenvalue weighted by Gasteiger charge is -2.42. The molecule has 6 nitrogen and oxygen atoms in total. The van der Waals surface area contributed by atoms with Crippen LogP contribution in [0.5, 0.6) is 0 Å². The Morgan fingerprint density at radius 3 is 2.00 bits per heavy atom. The fourth-order valence-electron chi connectivity index (χ4n) is 3.11. The zero-order valence-electron chi connectivity index (χ0n) is 16.1. The Kier molecular flexibility index (Phi) is 8.03. The molecule has 0 aliphatic carbocycles. The van der Waals surface area contributed by atoms with Crippen molar-refractivity contribution in [1.29, 1.82) is 0 Å². The van der Waals surface area contributed by atoms with Crippen LogP contribution in [0, 0.1) is 0 Å². The lowest BCUT2D eigenvalue weighted by atomic mass is 9.99. The predicted octanol–water partition coefficient (Wildman–Crippen LogP) is 3.04. The van der Waals surface area contributed by atoms with Gasteiger partial charge < -0.3 is 24.1 Å². The van der Waals surface area contributed by atoms with Crippen molar-refractivity contribution < 1.29 is 28.8 Å². The molecule has 2 aromatic rings. The van der Waals surface area contributed by atoms with Crippen molar-refractivity contribution in [2.45, 2.75) is 50.1 Å². The average molecular weight is 421 g/mol. The third-order valence-electron chi connectivity index (χ3n) is 4.63. The van der Waals surface area contributed by atoms with Crippen LogP contribution < -0.4 is 0 Å². The average Bonchev–Trinajstić information content (AvgIpc) is 2.73. The maximum atomic E-state index is 11.1. The van der Waals surface area contributed by atoms with Crippen LogP contribution in [0.4, 0.5) is 0 Å². The second kappa shape index (κ2) is 10.7. The van der Waals surface area contributed by atoms with Crippen molar-refractivity contribution in [2.24, 2.45) is 0 Å². The number of hydrogen-bond acceptors (Lipinski definition) is 6. The van der Waals surface area contributed by atoms with E-state index in [4.69, 9.17) is 30.5 Å². The molecule has 5 atom stereocenters. The molecule has 1 fully saturated rings. The number of aliphatic hydroxyl groups excluding tert-OH is 1. The Bertz CT molecular complexity index is 756. The molecule has 1 aliphatic heterocycles. The van der Waals surface area contributed by atoms with E-state index in [-0.39, 0.29) is 13.2 Å². The van der Waals surface area contributed by atoms with Crippen molar-refractivity contribution in [3.8, 4) is 0 Å². The molecular weight excluding hydrogens is 396 g/mol. The molecule has 1 heterocycles. The molecular formula is C22H25ClO6. The Hall–Kier alpha value is -1.96. The molecule has 0 spiro atoms. The monoisotopic (exact) mass is 420 g/mol. The van der Waals surface area contributed by atoms with Crippen LogP contribution in [-0.4, -0.2) is 47.7 Å². The summed E-state index contributed by atoms with van der Waals surface area (Å²) in [4.78, 5) is 11.1. The highest BCUT2D eigenvalue weighted by molar-refractivity contribution is 6.20. The fraction of sp³-hybridized carbons (Fsp3) is 0.409. The van der Waals surface area contributed by atoms with Crippen LogP contribution >= 0.6 is 11.6 Å². The van der Waals surface area contributed by atoms with Gasteiger partial charge >= 0.3 is 5.97 Å².